The molecular weight excluding hydrogens is 386 g/mol. The van der Waals surface area contributed by atoms with Crippen LogP contribution in [0.2, 0.25) is 5.02 Å². The zero-order valence-corrected chi connectivity index (χ0v) is 14.3. The smallest absolute Gasteiger partial charge is 0.358 e. The first-order chi connectivity index (χ1) is 11.6. The summed E-state index contributed by atoms with van der Waals surface area (Å²) in [7, 11) is -4.01. The van der Waals surface area contributed by atoms with E-state index in [0.717, 1.165) is 6.20 Å². The van der Waals surface area contributed by atoms with Crippen molar-refractivity contribution in [2.75, 3.05) is 6.54 Å². The fourth-order valence-corrected chi connectivity index (χ4v) is 3.48. The van der Waals surface area contributed by atoms with Gasteiger partial charge in [-0.2, -0.15) is 18.6 Å². The highest BCUT2D eigenvalue weighted by molar-refractivity contribution is 7.89. The Labute approximate surface area is 145 Å². The van der Waals surface area contributed by atoms with E-state index in [1.165, 1.54) is 17.8 Å². The van der Waals surface area contributed by atoms with Gasteiger partial charge in [-0.3, -0.25) is 0 Å². The third kappa shape index (κ3) is 4.29. The van der Waals surface area contributed by atoms with Gasteiger partial charge in [-0.25, -0.2) is 17.8 Å². The van der Waals surface area contributed by atoms with Gasteiger partial charge in [0.1, 0.15) is 4.90 Å². The fraction of sp³-hybridized carbons (Fsp3) is 0.455. The predicted molar refractivity (Wildman–Crippen MR) is 81.9 cm³/mol. The van der Waals surface area contributed by atoms with E-state index in [-0.39, 0.29) is 35.1 Å². The summed E-state index contributed by atoms with van der Waals surface area (Å²) in [5.74, 6) is -0.489. The zero-order valence-electron chi connectivity index (χ0n) is 12.8. The van der Waals surface area contributed by atoms with Gasteiger partial charge in [0.05, 0.1) is 29.7 Å². The standard InChI is InChI=1S/C11H13ClF2N6O4S/c1-7-9(5-15-19(7)11(13)14)25(23,24)16-3-2-4-18-6-8(12)10(17-18)20(21)22/h5-6,11,16H,2-4H2,1H3. The Kier molecular flexibility index (Phi) is 5.69. The largest absolute Gasteiger partial charge is 0.408 e. The molecule has 25 heavy (non-hydrogen) atoms. The Morgan fingerprint density at radius 1 is 1.48 bits per heavy atom. The molecule has 2 aromatic heterocycles. The van der Waals surface area contributed by atoms with Crippen LogP contribution >= 0.6 is 11.6 Å². The number of aromatic nitrogens is 4. The van der Waals surface area contributed by atoms with E-state index >= 15 is 0 Å². The lowest BCUT2D eigenvalue weighted by molar-refractivity contribution is -0.389. The minimum atomic E-state index is -4.01. The Morgan fingerprint density at radius 2 is 2.16 bits per heavy atom. The average Bonchev–Trinajstić information content (AvgIpc) is 3.07. The predicted octanol–water partition coefficient (Wildman–Crippen LogP) is 1.71. The molecule has 0 amide bonds. The SMILES string of the molecule is Cc1c(S(=O)(=O)NCCCn2cc(Cl)c([N+](=O)[O-])n2)cnn1C(F)F. The molecule has 0 spiro atoms. The average molecular weight is 399 g/mol. The lowest BCUT2D eigenvalue weighted by Crippen LogP contribution is -2.26. The topological polar surface area (TPSA) is 125 Å². The molecule has 0 radical (unpaired) electrons. The van der Waals surface area contributed by atoms with Crippen molar-refractivity contribution in [1.29, 1.82) is 0 Å². The van der Waals surface area contributed by atoms with Gasteiger partial charge < -0.3 is 10.1 Å². The molecule has 14 heteroatoms. The maximum Gasteiger partial charge on any atom is 0.408 e. The second kappa shape index (κ2) is 7.41. The van der Waals surface area contributed by atoms with Crippen LogP contribution in [-0.2, 0) is 16.6 Å². The molecule has 10 nitrogen and oxygen atoms in total. The molecule has 0 saturated carbocycles. The van der Waals surface area contributed by atoms with Gasteiger partial charge in [-0.1, -0.05) is 11.6 Å². The molecule has 0 aliphatic heterocycles. The Bertz CT molecular complexity index is 881. The lowest BCUT2D eigenvalue weighted by Gasteiger charge is -2.06. The zero-order chi connectivity index (χ0) is 18.8. The van der Waals surface area contributed by atoms with Crippen molar-refractivity contribution in [2.45, 2.75) is 31.3 Å². The maximum absolute atomic E-state index is 12.6. The molecule has 0 unspecified atom stereocenters. The number of rotatable bonds is 8. The number of hydrogen-bond acceptors (Lipinski definition) is 6. The van der Waals surface area contributed by atoms with Crippen LogP contribution in [0.4, 0.5) is 14.6 Å². The number of nitro groups is 1. The normalized spacial score (nSPS) is 12.0. The molecule has 0 aromatic carbocycles. The summed E-state index contributed by atoms with van der Waals surface area (Å²) in [6, 6.07) is 0. The Balaban J connectivity index is 1.95. The van der Waals surface area contributed by atoms with Gasteiger partial charge in [-0.05, 0) is 18.3 Å². The van der Waals surface area contributed by atoms with Crippen molar-refractivity contribution in [2.24, 2.45) is 0 Å². The molecule has 0 saturated heterocycles. The molecule has 138 valence electrons. The van der Waals surface area contributed by atoms with E-state index in [9.17, 15) is 27.3 Å². The van der Waals surface area contributed by atoms with Crippen molar-refractivity contribution < 1.29 is 22.1 Å². The van der Waals surface area contributed by atoms with Crippen LogP contribution < -0.4 is 4.72 Å². The fourth-order valence-electron chi connectivity index (χ4n) is 2.02. The van der Waals surface area contributed by atoms with E-state index < -0.39 is 27.3 Å². The van der Waals surface area contributed by atoms with Crippen LogP contribution in [0.3, 0.4) is 0 Å². The number of halogens is 3. The van der Waals surface area contributed by atoms with Crippen LogP contribution in [0.5, 0.6) is 0 Å². The molecule has 0 aliphatic carbocycles. The summed E-state index contributed by atoms with van der Waals surface area (Å²) in [5.41, 5.74) is -0.183. The number of sulfonamides is 1. The first kappa shape index (κ1) is 19.2. The van der Waals surface area contributed by atoms with E-state index in [0.29, 0.717) is 4.68 Å². The number of nitrogens with one attached hydrogen (secondary N) is 1. The Hall–Kier alpha value is -2.12. The second-order valence-corrected chi connectivity index (χ2v) is 7.03. The van der Waals surface area contributed by atoms with Crippen LogP contribution in [0.15, 0.2) is 17.3 Å². The molecule has 0 aliphatic rings. The molecule has 2 heterocycles. The van der Waals surface area contributed by atoms with E-state index in [2.05, 4.69) is 14.9 Å². The minimum absolute atomic E-state index is 0.0348. The van der Waals surface area contributed by atoms with Gasteiger partial charge in [0.15, 0.2) is 5.02 Å². The first-order valence-electron chi connectivity index (χ1n) is 6.82. The molecular formula is C11H13ClF2N6O4S. The third-order valence-corrected chi connectivity index (χ3v) is 5.03. The van der Waals surface area contributed by atoms with Crippen LogP contribution in [0.1, 0.15) is 18.7 Å². The molecule has 2 aromatic rings. The van der Waals surface area contributed by atoms with Crippen LogP contribution in [0, 0.1) is 17.0 Å². The summed E-state index contributed by atoms with van der Waals surface area (Å²) in [5, 5.41) is 17.5. The van der Waals surface area contributed by atoms with Gasteiger partial charge in [0.2, 0.25) is 10.0 Å². The van der Waals surface area contributed by atoms with E-state index in [1.54, 1.807) is 0 Å². The molecule has 0 bridgehead atoms. The molecule has 1 N–H and O–H groups in total. The first-order valence-corrected chi connectivity index (χ1v) is 8.69. The van der Waals surface area contributed by atoms with Crippen LogP contribution in [0.25, 0.3) is 0 Å². The van der Waals surface area contributed by atoms with Crippen LogP contribution in [-0.4, -0.2) is 39.4 Å². The van der Waals surface area contributed by atoms with Gasteiger partial charge >= 0.3 is 12.4 Å². The quantitative estimate of drug-likeness (QED) is 0.410. The third-order valence-electron chi connectivity index (χ3n) is 3.20. The Morgan fingerprint density at radius 3 is 2.68 bits per heavy atom. The summed E-state index contributed by atoms with van der Waals surface area (Å²) < 4.78 is 53.2. The summed E-state index contributed by atoms with van der Waals surface area (Å²) in [4.78, 5) is 9.55. The monoisotopic (exact) mass is 398 g/mol. The molecule has 2 rings (SSSR count). The maximum atomic E-state index is 12.6. The highest BCUT2D eigenvalue weighted by Gasteiger charge is 2.23. The van der Waals surface area contributed by atoms with Crippen molar-refractivity contribution >= 4 is 27.4 Å². The minimum Gasteiger partial charge on any atom is -0.358 e. The van der Waals surface area contributed by atoms with E-state index in [1.807, 2.05) is 0 Å². The van der Waals surface area contributed by atoms with Crippen molar-refractivity contribution in [3.05, 3.63) is 33.2 Å². The number of aryl methyl sites for hydroxylation is 1. The highest BCUT2D eigenvalue weighted by Crippen LogP contribution is 2.21. The van der Waals surface area contributed by atoms with Crippen molar-refractivity contribution in [3.8, 4) is 0 Å². The second-order valence-electron chi connectivity index (χ2n) is 4.89. The van der Waals surface area contributed by atoms with Crippen molar-refractivity contribution in [3.63, 3.8) is 0 Å². The molecule has 0 fully saturated rings. The number of alkyl halides is 2. The van der Waals surface area contributed by atoms with E-state index in [4.69, 9.17) is 11.6 Å². The summed E-state index contributed by atoms with van der Waals surface area (Å²) >= 11 is 5.64. The number of hydrogen-bond donors (Lipinski definition) is 1. The van der Waals surface area contributed by atoms with Gasteiger partial charge in [-0.15, -0.1) is 0 Å². The molecule has 0 atom stereocenters. The number of nitrogens with zero attached hydrogens (tertiary/aromatic N) is 5. The summed E-state index contributed by atoms with van der Waals surface area (Å²) in [6.45, 7) is -1.58. The van der Waals surface area contributed by atoms with Gasteiger partial charge in [0, 0.05) is 6.54 Å². The van der Waals surface area contributed by atoms with Gasteiger partial charge in [0.25, 0.3) is 0 Å². The highest BCUT2D eigenvalue weighted by atomic mass is 35.5. The van der Waals surface area contributed by atoms with Crippen molar-refractivity contribution in [1.82, 2.24) is 24.3 Å². The lowest BCUT2D eigenvalue weighted by atomic mass is 10.4. The summed E-state index contributed by atoms with van der Waals surface area (Å²) in [6.07, 6.45) is 2.35.